The van der Waals surface area contributed by atoms with Crippen molar-refractivity contribution in [2.24, 2.45) is 0 Å². The molecule has 2 nitrogen and oxygen atoms in total. The van der Waals surface area contributed by atoms with Crippen molar-refractivity contribution in [2.75, 3.05) is 26.2 Å². The molecule has 0 amide bonds. The van der Waals surface area contributed by atoms with Crippen LogP contribution in [0.2, 0.25) is 0 Å². The summed E-state index contributed by atoms with van der Waals surface area (Å²) in [6.07, 6.45) is 3.97. The molecular weight excluding hydrogens is 232 g/mol. The Kier molecular flexibility index (Phi) is 5.87. The van der Waals surface area contributed by atoms with Crippen LogP contribution in [0.15, 0.2) is 30.3 Å². The Balaban J connectivity index is 1.76. The molecule has 1 aromatic carbocycles. The monoisotopic (exact) mass is 260 g/mol. The Hall–Kier alpha value is -0.860. The SMILES string of the molecule is CCC(CNC(C)CN1CCCC1)c1ccccc1. The third-order valence-electron chi connectivity index (χ3n) is 4.21. The molecule has 1 heterocycles. The predicted octanol–water partition coefficient (Wildman–Crippen LogP) is 3.25. The van der Waals surface area contributed by atoms with E-state index >= 15 is 0 Å². The van der Waals surface area contributed by atoms with E-state index in [1.54, 1.807) is 0 Å². The van der Waals surface area contributed by atoms with Crippen LogP contribution in [-0.2, 0) is 0 Å². The van der Waals surface area contributed by atoms with Gasteiger partial charge in [-0.2, -0.15) is 0 Å². The second kappa shape index (κ2) is 7.66. The molecule has 0 aliphatic carbocycles. The highest BCUT2D eigenvalue weighted by atomic mass is 15.2. The van der Waals surface area contributed by atoms with E-state index in [2.05, 4.69) is 54.4 Å². The molecule has 106 valence electrons. The van der Waals surface area contributed by atoms with E-state index in [1.165, 1.54) is 44.5 Å². The van der Waals surface area contributed by atoms with Gasteiger partial charge in [0, 0.05) is 19.1 Å². The number of nitrogens with zero attached hydrogens (tertiary/aromatic N) is 1. The summed E-state index contributed by atoms with van der Waals surface area (Å²) in [6.45, 7) is 9.48. The van der Waals surface area contributed by atoms with E-state index in [-0.39, 0.29) is 0 Å². The van der Waals surface area contributed by atoms with Gasteiger partial charge in [-0.15, -0.1) is 0 Å². The van der Waals surface area contributed by atoms with Crippen molar-refractivity contribution in [3.05, 3.63) is 35.9 Å². The minimum absolute atomic E-state index is 0.593. The minimum atomic E-state index is 0.593. The predicted molar refractivity (Wildman–Crippen MR) is 82.6 cm³/mol. The smallest absolute Gasteiger partial charge is 0.0166 e. The van der Waals surface area contributed by atoms with E-state index in [1.807, 2.05) is 0 Å². The maximum atomic E-state index is 3.72. The Morgan fingerprint density at radius 3 is 2.47 bits per heavy atom. The van der Waals surface area contributed by atoms with Gasteiger partial charge in [-0.3, -0.25) is 0 Å². The van der Waals surface area contributed by atoms with Crippen LogP contribution in [0.3, 0.4) is 0 Å². The van der Waals surface area contributed by atoms with E-state index in [0.717, 1.165) is 6.54 Å². The first-order valence-electron chi connectivity index (χ1n) is 7.80. The van der Waals surface area contributed by atoms with Gasteiger partial charge in [0.15, 0.2) is 0 Å². The topological polar surface area (TPSA) is 15.3 Å². The van der Waals surface area contributed by atoms with Crippen molar-refractivity contribution >= 4 is 0 Å². The zero-order chi connectivity index (χ0) is 13.5. The fourth-order valence-corrected chi connectivity index (χ4v) is 2.98. The van der Waals surface area contributed by atoms with Gasteiger partial charge < -0.3 is 10.2 Å². The highest BCUT2D eigenvalue weighted by molar-refractivity contribution is 5.19. The lowest BCUT2D eigenvalue weighted by atomic mass is 9.96. The highest BCUT2D eigenvalue weighted by Crippen LogP contribution is 2.18. The number of hydrogen-bond acceptors (Lipinski definition) is 2. The molecular formula is C17H28N2. The lowest BCUT2D eigenvalue weighted by Gasteiger charge is -2.24. The van der Waals surface area contributed by atoms with Gasteiger partial charge in [-0.05, 0) is 50.8 Å². The molecule has 2 atom stereocenters. The number of rotatable bonds is 7. The van der Waals surface area contributed by atoms with Crippen LogP contribution in [0.1, 0.15) is 44.6 Å². The molecule has 0 bridgehead atoms. The van der Waals surface area contributed by atoms with Crippen LogP contribution in [0.5, 0.6) is 0 Å². The Morgan fingerprint density at radius 1 is 1.16 bits per heavy atom. The van der Waals surface area contributed by atoms with Crippen LogP contribution < -0.4 is 5.32 Å². The average Bonchev–Trinajstić information content (AvgIpc) is 2.93. The summed E-state index contributed by atoms with van der Waals surface area (Å²) < 4.78 is 0. The van der Waals surface area contributed by atoms with Gasteiger partial charge in [0.25, 0.3) is 0 Å². The van der Waals surface area contributed by atoms with E-state index in [9.17, 15) is 0 Å². The molecule has 1 aliphatic heterocycles. The summed E-state index contributed by atoms with van der Waals surface area (Å²) in [7, 11) is 0. The van der Waals surface area contributed by atoms with Gasteiger partial charge in [0.1, 0.15) is 0 Å². The fraction of sp³-hybridized carbons (Fsp3) is 0.647. The van der Waals surface area contributed by atoms with Crippen LogP contribution >= 0.6 is 0 Å². The molecule has 2 unspecified atom stereocenters. The number of benzene rings is 1. The molecule has 19 heavy (non-hydrogen) atoms. The van der Waals surface area contributed by atoms with Crippen LogP contribution in [0.25, 0.3) is 0 Å². The van der Waals surface area contributed by atoms with Crippen molar-refractivity contribution in [3.63, 3.8) is 0 Å². The molecule has 1 saturated heterocycles. The second-order valence-corrected chi connectivity index (χ2v) is 5.83. The summed E-state index contributed by atoms with van der Waals surface area (Å²) in [4.78, 5) is 2.58. The third kappa shape index (κ3) is 4.63. The molecule has 2 heteroatoms. The molecule has 1 aliphatic rings. The van der Waals surface area contributed by atoms with Gasteiger partial charge in [-0.25, -0.2) is 0 Å². The molecule has 0 spiro atoms. The molecule has 2 rings (SSSR count). The first kappa shape index (κ1) is 14.5. The highest BCUT2D eigenvalue weighted by Gasteiger charge is 2.15. The zero-order valence-corrected chi connectivity index (χ0v) is 12.4. The summed E-state index contributed by atoms with van der Waals surface area (Å²) in [5.74, 6) is 0.641. The molecule has 0 aromatic heterocycles. The quantitative estimate of drug-likeness (QED) is 0.809. The number of hydrogen-bond donors (Lipinski definition) is 1. The van der Waals surface area contributed by atoms with Crippen LogP contribution in [0.4, 0.5) is 0 Å². The first-order valence-corrected chi connectivity index (χ1v) is 7.80. The normalized spacial score (nSPS) is 19.5. The van der Waals surface area contributed by atoms with Crippen LogP contribution in [-0.4, -0.2) is 37.1 Å². The van der Waals surface area contributed by atoms with Crippen LogP contribution in [0, 0.1) is 0 Å². The Bertz CT molecular complexity index is 344. The van der Waals surface area contributed by atoms with E-state index in [4.69, 9.17) is 0 Å². The third-order valence-corrected chi connectivity index (χ3v) is 4.21. The Morgan fingerprint density at radius 2 is 1.84 bits per heavy atom. The molecule has 0 radical (unpaired) electrons. The Labute approximate surface area is 118 Å². The average molecular weight is 260 g/mol. The molecule has 1 fully saturated rings. The van der Waals surface area contributed by atoms with Gasteiger partial charge in [-0.1, -0.05) is 37.3 Å². The maximum absolute atomic E-state index is 3.72. The number of likely N-dealkylation sites (tertiary alicyclic amines) is 1. The van der Waals surface area contributed by atoms with Crippen molar-refractivity contribution in [1.29, 1.82) is 0 Å². The molecule has 0 saturated carbocycles. The lowest BCUT2D eigenvalue weighted by Crippen LogP contribution is -2.39. The van der Waals surface area contributed by atoms with Crippen molar-refractivity contribution < 1.29 is 0 Å². The van der Waals surface area contributed by atoms with Gasteiger partial charge in [0.05, 0.1) is 0 Å². The zero-order valence-electron chi connectivity index (χ0n) is 12.4. The summed E-state index contributed by atoms with van der Waals surface area (Å²) >= 11 is 0. The largest absolute Gasteiger partial charge is 0.312 e. The lowest BCUT2D eigenvalue weighted by molar-refractivity contribution is 0.296. The summed E-state index contributed by atoms with van der Waals surface area (Å²) in [5.41, 5.74) is 1.46. The second-order valence-electron chi connectivity index (χ2n) is 5.83. The van der Waals surface area contributed by atoms with Crippen molar-refractivity contribution in [3.8, 4) is 0 Å². The molecule has 1 aromatic rings. The maximum Gasteiger partial charge on any atom is 0.0166 e. The summed E-state index contributed by atoms with van der Waals surface area (Å²) in [5, 5.41) is 3.72. The summed E-state index contributed by atoms with van der Waals surface area (Å²) in [6, 6.07) is 11.5. The van der Waals surface area contributed by atoms with Crippen molar-refractivity contribution in [2.45, 2.75) is 45.1 Å². The van der Waals surface area contributed by atoms with Gasteiger partial charge >= 0.3 is 0 Å². The van der Waals surface area contributed by atoms with Crippen molar-refractivity contribution in [1.82, 2.24) is 10.2 Å². The first-order chi connectivity index (χ1) is 9.29. The van der Waals surface area contributed by atoms with Gasteiger partial charge in [0.2, 0.25) is 0 Å². The molecule has 1 N–H and O–H groups in total. The fourth-order valence-electron chi connectivity index (χ4n) is 2.98. The number of nitrogens with one attached hydrogen (secondary N) is 1. The standard InChI is InChI=1S/C17H28N2/c1-3-16(17-9-5-4-6-10-17)13-18-15(2)14-19-11-7-8-12-19/h4-6,9-10,15-16,18H,3,7-8,11-14H2,1-2H3. The minimum Gasteiger partial charge on any atom is -0.312 e. The van der Waals surface area contributed by atoms with E-state index < -0.39 is 0 Å². The van der Waals surface area contributed by atoms with E-state index in [0.29, 0.717) is 12.0 Å².